The molecule has 0 saturated heterocycles. The van der Waals surface area contributed by atoms with Gasteiger partial charge in [0.05, 0.1) is 6.10 Å². The minimum absolute atomic E-state index is 0.260. The summed E-state index contributed by atoms with van der Waals surface area (Å²) in [6.45, 7) is 0.260. The second kappa shape index (κ2) is 3.50. The lowest BCUT2D eigenvalue weighted by atomic mass is 9.99. The van der Waals surface area contributed by atoms with Crippen molar-refractivity contribution in [2.24, 2.45) is 0 Å². The summed E-state index contributed by atoms with van der Waals surface area (Å²) in [4.78, 5) is 9.88. The van der Waals surface area contributed by atoms with Crippen LogP contribution < -0.4 is 0 Å². The first kappa shape index (κ1) is 8.23. The minimum atomic E-state index is -0.995. The minimum Gasteiger partial charge on any atom is -0.457 e. The lowest BCUT2D eigenvalue weighted by Gasteiger charge is -2.25. The molecule has 1 aliphatic carbocycles. The smallest absolute Gasteiger partial charge is 0.293 e. The van der Waals surface area contributed by atoms with Crippen LogP contribution in [-0.4, -0.2) is 35.0 Å². The molecule has 2 N–H and O–H groups in total. The largest absolute Gasteiger partial charge is 0.457 e. The number of aliphatic hydroxyl groups is 2. The molecule has 11 heavy (non-hydrogen) atoms. The highest BCUT2D eigenvalue weighted by Crippen LogP contribution is 2.14. The van der Waals surface area contributed by atoms with Crippen molar-refractivity contribution in [3.8, 4) is 0 Å². The third-order valence-electron chi connectivity index (χ3n) is 1.65. The van der Waals surface area contributed by atoms with Crippen LogP contribution in [0.15, 0.2) is 12.2 Å². The monoisotopic (exact) mass is 158 g/mol. The van der Waals surface area contributed by atoms with Gasteiger partial charge in [0.25, 0.3) is 6.47 Å². The molecule has 1 aliphatic rings. The van der Waals surface area contributed by atoms with Crippen LogP contribution in [0.25, 0.3) is 0 Å². The van der Waals surface area contributed by atoms with Gasteiger partial charge in [-0.2, -0.15) is 0 Å². The first-order valence-corrected chi connectivity index (χ1v) is 3.37. The maximum absolute atomic E-state index is 9.88. The second-order valence-electron chi connectivity index (χ2n) is 2.42. The van der Waals surface area contributed by atoms with Gasteiger partial charge in [-0.15, -0.1) is 0 Å². The van der Waals surface area contributed by atoms with Crippen LogP contribution in [0.3, 0.4) is 0 Å². The normalized spacial score (nSPS) is 36.7. The Bertz CT molecular complexity index is 166. The third-order valence-corrected chi connectivity index (χ3v) is 1.65. The van der Waals surface area contributed by atoms with E-state index in [-0.39, 0.29) is 6.47 Å². The molecule has 0 spiro atoms. The Morgan fingerprint density at radius 2 is 2.27 bits per heavy atom. The van der Waals surface area contributed by atoms with E-state index in [0.29, 0.717) is 6.42 Å². The molecule has 0 aromatic heterocycles. The van der Waals surface area contributed by atoms with E-state index in [1.807, 2.05) is 0 Å². The number of carbonyl (C=O) groups is 1. The maximum Gasteiger partial charge on any atom is 0.293 e. The number of aliphatic hydroxyl groups excluding tert-OH is 2. The molecule has 4 nitrogen and oxygen atoms in total. The number of ether oxygens (including phenoxy) is 1. The van der Waals surface area contributed by atoms with E-state index in [9.17, 15) is 9.90 Å². The average Bonchev–Trinajstić information content (AvgIpc) is 1.99. The first-order valence-electron chi connectivity index (χ1n) is 3.37. The van der Waals surface area contributed by atoms with Gasteiger partial charge in [-0.1, -0.05) is 6.08 Å². The molecule has 0 aromatic rings. The maximum atomic E-state index is 9.88. The van der Waals surface area contributed by atoms with Crippen LogP contribution in [0, 0.1) is 0 Å². The molecule has 0 aliphatic heterocycles. The van der Waals surface area contributed by atoms with Crippen LogP contribution in [0.2, 0.25) is 0 Å². The highest BCUT2D eigenvalue weighted by atomic mass is 16.5. The topological polar surface area (TPSA) is 66.8 Å². The molecular weight excluding hydrogens is 148 g/mol. The Morgan fingerprint density at radius 3 is 2.91 bits per heavy atom. The van der Waals surface area contributed by atoms with E-state index in [4.69, 9.17) is 5.11 Å². The highest BCUT2D eigenvalue weighted by Gasteiger charge is 2.27. The standard InChI is InChI=1S/C7H10O4/c8-4-11-6-3-1-2-5(9)7(6)10/h1,3-7,9-10H,2H2/t5-,6-,7+/m1/s1. The highest BCUT2D eigenvalue weighted by molar-refractivity contribution is 5.38. The van der Waals surface area contributed by atoms with Crippen molar-refractivity contribution in [1.82, 2.24) is 0 Å². The molecular formula is C7H10O4. The van der Waals surface area contributed by atoms with Gasteiger partial charge in [0, 0.05) is 0 Å². The van der Waals surface area contributed by atoms with Gasteiger partial charge in [-0.3, -0.25) is 4.79 Å². The summed E-state index contributed by atoms with van der Waals surface area (Å²) in [6, 6.07) is 0. The second-order valence-corrected chi connectivity index (χ2v) is 2.42. The SMILES string of the molecule is O=CO[C@@H]1C=CC[C@@H](O)[C@@H]1O. The summed E-state index contributed by atoms with van der Waals surface area (Å²) >= 11 is 0. The average molecular weight is 158 g/mol. The fourth-order valence-electron chi connectivity index (χ4n) is 1.01. The fraction of sp³-hybridized carbons (Fsp3) is 0.571. The Labute approximate surface area is 64.1 Å². The molecule has 0 heterocycles. The quantitative estimate of drug-likeness (QED) is 0.408. The van der Waals surface area contributed by atoms with E-state index in [0.717, 1.165) is 0 Å². The lowest BCUT2D eigenvalue weighted by Crippen LogP contribution is -2.39. The zero-order chi connectivity index (χ0) is 8.27. The molecule has 3 atom stereocenters. The van der Waals surface area contributed by atoms with Gasteiger partial charge >= 0.3 is 0 Å². The van der Waals surface area contributed by atoms with Crippen molar-refractivity contribution in [3.63, 3.8) is 0 Å². The number of rotatable bonds is 2. The summed E-state index contributed by atoms with van der Waals surface area (Å²) in [6.07, 6.45) is 1.11. The third kappa shape index (κ3) is 1.78. The fourth-order valence-corrected chi connectivity index (χ4v) is 1.01. The van der Waals surface area contributed by atoms with Crippen LogP contribution in [-0.2, 0) is 9.53 Å². The summed E-state index contributed by atoms with van der Waals surface area (Å²) in [5.74, 6) is 0. The van der Waals surface area contributed by atoms with Crippen molar-refractivity contribution in [1.29, 1.82) is 0 Å². The first-order chi connectivity index (χ1) is 5.25. The van der Waals surface area contributed by atoms with E-state index in [1.165, 1.54) is 0 Å². The number of hydrogen-bond donors (Lipinski definition) is 2. The van der Waals surface area contributed by atoms with Gasteiger partial charge in [-0.05, 0) is 12.5 Å². The number of carbonyl (C=O) groups excluding carboxylic acids is 1. The molecule has 0 fully saturated rings. The summed E-state index contributed by atoms with van der Waals surface area (Å²) < 4.78 is 4.49. The van der Waals surface area contributed by atoms with E-state index in [1.54, 1.807) is 12.2 Å². The van der Waals surface area contributed by atoms with Gasteiger partial charge in [0.15, 0.2) is 0 Å². The van der Waals surface area contributed by atoms with Gasteiger partial charge in [0.1, 0.15) is 12.2 Å². The summed E-state index contributed by atoms with van der Waals surface area (Å²) in [5.41, 5.74) is 0. The van der Waals surface area contributed by atoms with Crippen LogP contribution in [0.5, 0.6) is 0 Å². The van der Waals surface area contributed by atoms with Crippen LogP contribution in [0.4, 0.5) is 0 Å². The molecule has 1 rings (SSSR count). The van der Waals surface area contributed by atoms with Crippen LogP contribution >= 0.6 is 0 Å². The van der Waals surface area contributed by atoms with Crippen molar-refractivity contribution in [3.05, 3.63) is 12.2 Å². The van der Waals surface area contributed by atoms with E-state index < -0.39 is 18.3 Å². The lowest BCUT2D eigenvalue weighted by molar-refractivity contribution is -0.140. The van der Waals surface area contributed by atoms with Crippen molar-refractivity contribution >= 4 is 6.47 Å². The molecule has 62 valence electrons. The van der Waals surface area contributed by atoms with Crippen molar-refractivity contribution < 1.29 is 19.7 Å². The molecule has 0 unspecified atom stereocenters. The van der Waals surface area contributed by atoms with Gasteiger partial charge in [-0.25, -0.2) is 0 Å². The van der Waals surface area contributed by atoms with Crippen molar-refractivity contribution in [2.75, 3.05) is 0 Å². The van der Waals surface area contributed by atoms with E-state index >= 15 is 0 Å². The summed E-state index contributed by atoms with van der Waals surface area (Å²) in [7, 11) is 0. The van der Waals surface area contributed by atoms with Crippen molar-refractivity contribution in [2.45, 2.75) is 24.7 Å². The zero-order valence-electron chi connectivity index (χ0n) is 5.88. The van der Waals surface area contributed by atoms with Crippen LogP contribution in [0.1, 0.15) is 6.42 Å². The summed E-state index contributed by atoms with van der Waals surface area (Å²) in [5, 5.41) is 18.3. The predicted molar refractivity (Wildman–Crippen MR) is 36.7 cm³/mol. The zero-order valence-corrected chi connectivity index (χ0v) is 5.88. The predicted octanol–water partition coefficient (Wildman–Crippen LogP) is -0.790. The van der Waals surface area contributed by atoms with Gasteiger partial charge in [0.2, 0.25) is 0 Å². The Kier molecular flexibility index (Phi) is 2.62. The number of hydrogen-bond acceptors (Lipinski definition) is 4. The molecule has 0 radical (unpaired) electrons. The molecule has 0 aromatic carbocycles. The Hall–Kier alpha value is -0.870. The Morgan fingerprint density at radius 1 is 1.55 bits per heavy atom. The molecule has 4 heteroatoms. The molecule has 0 bridgehead atoms. The van der Waals surface area contributed by atoms with E-state index in [2.05, 4.69) is 4.74 Å². The molecule has 0 amide bonds. The van der Waals surface area contributed by atoms with Gasteiger partial charge < -0.3 is 14.9 Å². The Balaban J connectivity index is 2.56. The molecule has 0 saturated carbocycles.